The molecule has 0 spiro atoms. The predicted octanol–water partition coefficient (Wildman–Crippen LogP) is 2.81. The zero-order valence-electron chi connectivity index (χ0n) is 11.7. The van der Waals surface area contributed by atoms with Crippen LogP contribution in [0.5, 0.6) is 0 Å². The molecule has 1 atom stereocenters. The second-order valence-electron chi connectivity index (χ2n) is 4.39. The third-order valence-corrected chi connectivity index (χ3v) is 3.39. The molecule has 0 aliphatic rings. The molecule has 0 saturated heterocycles. The molecule has 0 heterocycles. The second kappa shape index (κ2) is 10.1. The summed E-state index contributed by atoms with van der Waals surface area (Å²) < 4.78 is 0. The quantitative estimate of drug-likeness (QED) is 0.814. The summed E-state index contributed by atoms with van der Waals surface area (Å²) >= 11 is 1.84. The van der Waals surface area contributed by atoms with E-state index in [2.05, 4.69) is 29.0 Å². The van der Waals surface area contributed by atoms with E-state index in [0.29, 0.717) is 6.54 Å². The largest absolute Gasteiger partial charge is 0.326 e. The Morgan fingerprint density at radius 2 is 1.95 bits per heavy atom. The van der Waals surface area contributed by atoms with E-state index in [9.17, 15) is 4.79 Å². The summed E-state index contributed by atoms with van der Waals surface area (Å²) in [5, 5.41) is 5.93. The Morgan fingerprint density at radius 1 is 1.32 bits per heavy atom. The minimum atomic E-state index is -0.0221. The van der Waals surface area contributed by atoms with Crippen molar-refractivity contribution in [3.8, 4) is 0 Å². The van der Waals surface area contributed by atoms with E-state index in [-0.39, 0.29) is 24.2 Å². The fraction of sp³-hybridized carbons (Fsp3) is 0.500. The Labute approximate surface area is 126 Å². The number of hydrogen-bond donors (Lipinski definition) is 2. The van der Waals surface area contributed by atoms with Crippen molar-refractivity contribution in [3.05, 3.63) is 29.8 Å². The molecular weight excluding hydrogens is 280 g/mol. The van der Waals surface area contributed by atoms with Gasteiger partial charge in [-0.1, -0.05) is 19.1 Å². The van der Waals surface area contributed by atoms with Crippen LogP contribution in [0.3, 0.4) is 0 Å². The fourth-order valence-electron chi connectivity index (χ4n) is 1.64. The highest BCUT2D eigenvalue weighted by Crippen LogP contribution is 2.12. The van der Waals surface area contributed by atoms with Gasteiger partial charge in [-0.2, -0.15) is 11.8 Å². The molecule has 1 amide bonds. The van der Waals surface area contributed by atoms with Gasteiger partial charge in [-0.15, -0.1) is 12.4 Å². The maximum Gasteiger partial charge on any atom is 0.228 e. The van der Waals surface area contributed by atoms with Crippen molar-refractivity contribution >= 4 is 35.8 Å². The van der Waals surface area contributed by atoms with Gasteiger partial charge in [0.25, 0.3) is 0 Å². The van der Waals surface area contributed by atoms with Gasteiger partial charge >= 0.3 is 0 Å². The lowest BCUT2D eigenvalue weighted by atomic mass is 10.1. The lowest BCUT2D eigenvalue weighted by Crippen LogP contribution is -2.28. The van der Waals surface area contributed by atoms with Gasteiger partial charge in [-0.25, -0.2) is 0 Å². The van der Waals surface area contributed by atoms with E-state index in [1.54, 1.807) is 0 Å². The molecule has 0 saturated carbocycles. The Balaban J connectivity index is 0.00000324. The molecule has 0 aliphatic heterocycles. The molecular formula is C14H23ClN2OS. The van der Waals surface area contributed by atoms with Crippen LogP contribution in [0.1, 0.15) is 12.5 Å². The summed E-state index contributed by atoms with van der Waals surface area (Å²) in [6.45, 7) is 2.61. The predicted molar refractivity (Wildman–Crippen MR) is 87.5 cm³/mol. The SMILES string of the molecule is CNCC(C)C(=O)Nc1ccc(CCSC)cc1.Cl. The van der Waals surface area contributed by atoms with Crippen LogP contribution in [0.25, 0.3) is 0 Å². The van der Waals surface area contributed by atoms with E-state index in [1.165, 1.54) is 5.56 Å². The first-order valence-electron chi connectivity index (χ1n) is 6.20. The van der Waals surface area contributed by atoms with Crippen LogP contribution >= 0.6 is 24.2 Å². The van der Waals surface area contributed by atoms with E-state index in [1.807, 2.05) is 37.9 Å². The van der Waals surface area contributed by atoms with Crippen molar-refractivity contribution in [3.63, 3.8) is 0 Å². The average molecular weight is 303 g/mol. The molecule has 3 nitrogen and oxygen atoms in total. The normalized spacial score (nSPS) is 11.5. The van der Waals surface area contributed by atoms with Crippen LogP contribution in [-0.2, 0) is 11.2 Å². The Hall–Kier alpha value is -0.710. The summed E-state index contributed by atoms with van der Waals surface area (Å²) in [6.07, 6.45) is 3.18. The van der Waals surface area contributed by atoms with Gasteiger partial charge in [0.2, 0.25) is 5.91 Å². The molecule has 0 bridgehead atoms. The molecule has 0 fully saturated rings. The van der Waals surface area contributed by atoms with Gasteiger partial charge < -0.3 is 10.6 Å². The number of carbonyl (C=O) groups excluding carboxylic acids is 1. The molecule has 1 aromatic carbocycles. The van der Waals surface area contributed by atoms with Crippen molar-refractivity contribution in [2.75, 3.05) is 30.9 Å². The number of anilines is 1. The second-order valence-corrected chi connectivity index (χ2v) is 5.37. The first kappa shape index (κ1) is 18.3. The summed E-state index contributed by atoms with van der Waals surface area (Å²) in [4.78, 5) is 11.8. The first-order chi connectivity index (χ1) is 8.67. The number of benzene rings is 1. The van der Waals surface area contributed by atoms with Crippen LogP contribution in [-0.4, -0.2) is 31.5 Å². The van der Waals surface area contributed by atoms with Gasteiger partial charge in [0, 0.05) is 18.2 Å². The van der Waals surface area contributed by atoms with Gasteiger partial charge in [-0.05, 0) is 43.2 Å². The highest BCUT2D eigenvalue weighted by Gasteiger charge is 2.11. The summed E-state index contributed by atoms with van der Waals surface area (Å²) in [7, 11) is 1.85. The number of thioether (sulfide) groups is 1. The lowest BCUT2D eigenvalue weighted by molar-refractivity contribution is -0.119. The van der Waals surface area contributed by atoms with Gasteiger partial charge in [-0.3, -0.25) is 4.79 Å². The Bertz CT molecular complexity index is 370. The van der Waals surface area contributed by atoms with Crippen LogP contribution in [0.15, 0.2) is 24.3 Å². The van der Waals surface area contributed by atoms with Crippen LogP contribution < -0.4 is 10.6 Å². The maximum atomic E-state index is 11.8. The summed E-state index contributed by atoms with van der Waals surface area (Å²) in [5.74, 6) is 1.16. The van der Waals surface area contributed by atoms with Crippen LogP contribution in [0.2, 0.25) is 0 Å². The lowest BCUT2D eigenvalue weighted by Gasteiger charge is -2.11. The molecule has 108 valence electrons. The Kier molecular flexibility index (Phi) is 9.74. The molecule has 0 radical (unpaired) electrons. The fourth-order valence-corrected chi connectivity index (χ4v) is 2.08. The topological polar surface area (TPSA) is 41.1 Å². The van der Waals surface area contributed by atoms with E-state index in [4.69, 9.17) is 0 Å². The van der Waals surface area contributed by atoms with Gasteiger partial charge in [0.15, 0.2) is 0 Å². The number of rotatable bonds is 7. The van der Waals surface area contributed by atoms with Crippen molar-refractivity contribution in [2.45, 2.75) is 13.3 Å². The number of nitrogens with one attached hydrogen (secondary N) is 2. The molecule has 1 aromatic rings. The van der Waals surface area contributed by atoms with Crippen LogP contribution in [0, 0.1) is 5.92 Å². The monoisotopic (exact) mass is 302 g/mol. The van der Waals surface area contributed by atoms with Gasteiger partial charge in [0.05, 0.1) is 0 Å². The third kappa shape index (κ3) is 6.85. The van der Waals surface area contributed by atoms with Crippen molar-refractivity contribution < 1.29 is 4.79 Å². The van der Waals surface area contributed by atoms with E-state index < -0.39 is 0 Å². The molecule has 2 N–H and O–H groups in total. The number of carbonyl (C=O) groups is 1. The van der Waals surface area contributed by atoms with E-state index in [0.717, 1.165) is 17.9 Å². The summed E-state index contributed by atoms with van der Waals surface area (Å²) in [5.41, 5.74) is 2.18. The van der Waals surface area contributed by atoms with Crippen molar-refractivity contribution in [2.24, 2.45) is 5.92 Å². The highest BCUT2D eigenvalue weighted by atomic mass is 35.5. The standard InChI is InChI=1S/C14H22N2OS.ClH/c1-11(10-15-2)14(17)16-13-6-4-12(5-7-13)8-9-18-3;/h4-7,11,15H,8-10H2,1-3H3,(H,16,17);1H. The van der Waals surface area contributed by atoms with E-state index >= 15 is 0 Å². The smallest absolute Gasteiger partial charge is 0.228 e. The Morgan fingerprint density at radius 3 is 2.47 bits per heavy atom. The molecule has 1 rings (SSSR count). The number of amides is 1. The molecule has 0 aromatic heterocycles. The average Bonchev–Trinajstić information content (AvgIpc) is 2.38. The minimum Gasteiger partial charge on any atom is -0.326 e. The maximum absolute atomic E-state index is 11.8. The van der Waals surface area contributed by atoms with Crippen LogP contribution in [0.4, 0.5) is 5.69 Å². The first-order valence-corrected chi connectivity index (χ1v) is 7.60. The highest BCUT2D eigenvalue weighted by molar-refractivity contribution is 7.98. The number of aryl methyl sites for hydroxylation is 1. The number of hydrogen-bond acceptors (Lipinski definition) is 3. The van der Waals surface area contributed by atoms with Crippen molar-refractivity contribution in [1.82, 2.24) is 5.32 Å². The molecule has 5 heteroatoms. The molecule has 19 heavy (non-hydrogen) atoms. The van der Waals surface area contributed by atoms with Gasteiger partial charge in [0.1, 0.15) is 0 Å². The van der Waals surface area contributed by atoms with Crippen molar-refractivity contribution in [1.29, 1.82) is 0 Å². The zero-order chi connectivity index (χ0) is 13.4. The zero-order valence-corrected chi connectivity index (χ0v) is 13.4. The number of halogens is 1. The minimum absolute atomic E-state index is 0. The molecule has 0 aliphatic carbocycles. The summed E-state index contributed by atoms with van der Waals surface area (Å²) in [6, 6.07) is 8.10. The third-order valence-electron chi connectivity index (χ3n) is 2.77. The molecule has 1 unspecified atom stereocenters.